The van der Waals surface area contributed by atoms with E-state index in [0.717, 1.165) is 0 Å². The molecular weight excluding hydrogens is 240 g/mol. The first kappa shape index (κ1) is 12.0. The van der Waals surface area contributed by atoms with Crippen molar-refractivity contribution in [1.29, 1.82) is 0 Å². The molecule has 1 rings (SSSR count). The van der Waals surface area contributed by atoms with Crippen molar-refractivity contribution in [2.24, 2.45) is 5.73 Å². The number of aromatic nitrogens is 2. The number of sulfonamides is 1. The number of hydrogen-bond acceptors (Lipinski definition) is 6. The maximum absolute atomic E-state index is 11.5. The van der Waals surface area contributed by atoms with Gasteiger partial charge in [0.25, 0.3) is 15.9 Å². The standard InChI is InChI=1S/C6H10N4O3S2/c1-2-3-8-15(12,13)6-10-9-5(14-6)4(7)11/h8H,2-3H2,1H3,(H2,7,11). The number of amides is 1. The Morgan fingerprint density at radius 1 is 1.53 bits per heavy atom. The summed E-state index contributed by atoms with van der Waals surface area (Å²) in [5.74, 6) is -0.788. The molecule has 1 aromatic rings. The average Bonchev–Trinajstić information content (AvgIpc) is 2.64. The van der Waals surface area contributed by atoms with E-state index < -0.39 is 15.9 Å². The number of rotatable bonds is 5. The summed E-state index contributed by atoms with van der Waals surface area (Å²) in [6.45, 7) is 2.14. The SMILES string of the molecule is CCCNS(=O)(=O)c1nnc(C(N)=O)s1. The molecule has 0 spiro atoms. The summed E-state index contributed by atoms with van der Waals surface area (Å²) in [5, 5.41) is 6.63. The molecule has 7 nitrogen and oxygen atoms in total. The Balaban J connectivity index is 2.91. The molecule has 0 atom stereocenters. The van der Waals surface area contributed by atoms with E-state index in [9.17, 15) is 13.2 Å². The van der Waals surface area contributed by atoms with Crippen molar-refractivity contribution in [2.45, 2.75) is 17.7 Å². The van der Waals surface area contributed by atoms with Crippen LogP contribution in [0.2, 0.25) is 0 Å². The number of carbonyl (C=O) groups is 1. The molecular formula is C6H10N4O3S2. The fraction of sp³-hybridized carbons (Fsp3) is 0.500. The molecule has 0 unspecified atom stereocenters. The van der Waals surface area contributed by atoms with Gasteiger partial charge in [-0.1, -0.05) is 18.3 Å². The van der Waals surface area contributed by atoms with E-state index >= 15 is 0 Å². The van der Waals surface area contributed by atoms with Gasteiger partial charge in [0, 0.05) is 6.54 Å². The predicted molar refractivity (Wildman–Crippen MR) is 53.9 cm³/mol. The maximum Gasteiger partial charge on any atom is 0.279 e. The summed E-state index contributed by atoms with van der Waals surface area (Å²) < 4.78 is 25.0. The van der Waals surface area contributed by atoms with Crippen molar-refractivity contribution in [2.75, 3.05) is 6.54 Å². The highest BCUT2D eigenvalue weighted by Crippen LogP contribution is 2.14. The van der Waals surface area contributed by atoms with Gasteiger partial charge in [0.05, 0.1) is 0 Å². The lowest BCUT2D eigenvalue weighted by Crippen LogP contribution is -2.24. The number of primary amides is 1. The molecule has 0 aromatic carbocycles. The quantitative estimate of drug-likeness (QED) is 0.718. The second kappa shape index (κ2) is 4.64. The molecule has 1 aromatic heterocycles. The zero-order valence-electron chi connectivity index (χ0n) is 7.93. The predicted octanol–water partition coefficient (Wildman–Crippen LogP) is -0.675. The van der Waals surface area contributed by atoms with Crippen molar-refractivity contribution in [3.63, 3.8) is 0 Å². The Morgan fingerprint density at radius 2 is 2.20 bits per heavy atom. The summed E-state index contributed by atoms with van der Waals surface area (Å²) in [7, 11) is -3.65. The van der Waals surface area contributed by atoms with Crippen LogP contribution in [-0.2, 0) is 10.0 Å². The molecule has 0 saturated carbocycles. The molecule has 9 heteroatoms. The molecule has 1 amide bonds. The third kappa shape index (κ3) is 2.94. The van der Waals surface area contributed by atoms with Gasteiger partial charge in [-0.15, -0.1) is 10.2 Å². The van der Waals surface area contributed by atoms with Crippen LogP contribution in [0.5, 0.6) is 0 Å². The maximum atomic E-state index is 11.5. The normalized spacial score (nSPS) is 11.5. The third-order valence-electron chi connectivity index (χ3n) is 1.39. The van der Waals surface area contributed by atoms with Crippen LogP contribution in [-0.4, -0.2) is 31.1 Å². The molecule has 0 aliphatic rings. The summed E-state index contributed by atoms with van der Waals surface area (Å²) >= 11 is 0.651. The number of hydrogen-bond donors (Lipinski definition) is 2. The first-order valence-corrected chi connectivity index (χ1v) is 6.40. The number of nitrogens with one attached hydrogen (secondary N) is 1. The molecule has 0 aliphatic carbocycles. The van der Waals surface area contributed by atoms with Crippen LogP contribution in [0.4, 0.5) is 0 Å². The largest absolute Gasteiger partial charge is 0.363 e. The Labute approximate surface area is 90.8 Å². The summed E-state index contributed by atoms with van der Waals surface area (Å²) in [5.41, 5.74) is 4.92. The molecule has 84 valence electrons. The third-order valence-corrected chi connectivity index (χ3v) is 4.16. The van der Waals surface area contributed by atoms with Crippen molar-refractivity contribution in [3.05, 3.63) is 5.01 Å². The van der Waals surface area contributed by atoms with Crippen molar-refractivity contribution in [3.8, 4) is 0 Å². The smallest absolute Gasteiger partial charge is 0.279 e. The molecule has 0 bridgehead atoms. The fourth-order valence-corrected chi connectivity index (χ4v) is 2.74. The second-order valence-electron chi connectivity index (χ2n) is 2.64. The lowest BCUT2D eigenvalue weighted by molar-refractivity contribution is 0.0999. The van der Waals surface area contributed by atoms with Gasteiger partial charge in [0.2, 0.25) is 9.35 Å². The Hall–Kier alpha value is -1.06. The fourth-order valence-electron chi connectivity index (χ4n) is 0.716. The highest BCUT2D eigenvalue weighted by atomic mass is 32.2. The van der Waals surface area contributed by atoms with E-state index in [2.05, 4.69) is 14.9 Å². The second-order valence-corrected chi connectivity index (χ2v) is 5.55. The van der Waals surface area contributed by atoms with Gasteiger partial charge in [-0.25, -0.2) is 13.1 Å². The average molecular weight is 250 g/mol. The van der Waals surface area contributed by atoms with Gasteiger partial charge in [-0.2, -0.15) is 0 Å². The number of carbonyl (C=O) groups excluding carboxylic acids is 1. The lowest BCUT2D eigenvalue weighted by Gasteiger charge is -1.99. The van der Waals surface area contributed by atoms with Crippen LogP contribution in [0, 0.1) is 0 Å². The monoisotopic (exact) mass is 250 g/mol. The van der Waals surface area contributed by atoms with E-state index in [4.69, 9.17) is 5.73 Å². The van der Waals surface area contributed by atoms with Crippen LogP contribution in [0.15, 0.2) is 4.34 Å². The van der Waals surface area contributed by atoms with Crippen molar-refractivity contribution in [1.82, 2.24) is 14.9 Å². The summed E-state index contributed by atoms with van der Waals surface area (Å²) in [4.78, 5) is 10.7. The van der Waals surface area contributed by atoms with Crippen LogP contribution < -0.4 is 10.5 Å². The number of nitrogens with zero attached hydrogens (tertiary/aromatic N) is 2. The van der Waals surface area contributed by atoms with E-state index in [1.807, 2.05) is 6.92 Å². The van der Waals surface area contributed by atoms with Gasteiger partial charge in [-0.3, -0.25) is 4.79 Å². The molecule has 0 aliphatic heterocycles. The molecule has 0 radical (unpaired) electrons. The molecule has 1 heterocycles. The zero-order valence-corrected chi connectivity index (χ0v) is 9.56. The molecule has 0 saturated heterocycles. The summed E-state index contributed by atoms with van der Waals surface area (Å²) in [6, 6.07) is 0. The first-order valence-electron chi connectivity index (χ1n) is 4.10. The van der Waals surface area contributed by atoms with Gasteiger partial charge in [0.1, 0.15) is 0 Å². The van der Waals surface area contributed by atoms with Crippen molar-refractivity contribution >= 4 is 27.3 Å². The van der Waals surface area contributed by atoms with Crippen LogP contribution in [0.1, 0.15) is 23.1 Å². The first-order chi connectivity index (χ1) is 6.97. The molecule has 0 fully saturated rings. The molecule has 3 N–H and O–H groups in total. The van der Waals surface area contributed by atoms with Crippen LogP contribution >= 0.6 is 11.3 Å². The van der Waals surface area contributed by atoms with E-state index in [0.29, 0.717) is 24.3 Å². The molecule has 15 heavy (non-hydrogen) atoms. The minimum atomic E-state index is -3.65. The highest BCUT2D eigenvalue weighted by Gasteiger charge is 2.20. The Morgan fingerprint density at radius 3 is 2.67 bits per heavy atom. The van der Waals surface area contributed by atoms with Crippen LogP contribution in [0.3, 0.4) is 0 Å². The van der Waals surface area contributed by atoms with Gasteiger partial charge in [0.15, 0.2) is 0 Å². The zero-order chi connectivity index (χ0) is 11.5. The van der Waals surface area contributed by atoms with Crippen LogP contribution in [0.25, 0.3) is 0 Å². The van der Waals surface area contributed by atoms with E-state index in [-0.39, 0.29) is 9.35 Å². The van der Waals surface area contributed by atoms with Gasteiger partial charge in [-0.05, 0) is 6.42 Å². The topological polar surface area (TPSA) is 115 Å². The highest BCUT2D eigenvalue weighted by molar-refractivity contribution is 7.91. The van der Waals surface area contributed by atoms with Crippen molar-refractivity contribution < 1.29 is 13.2 Å². The minimum Gasteiger partial charge on any atom is -0.363 e. The Bertz CT molecular complexity index is 453. The Kier molecular flexibility index (Phi) is 3.72. The lowest BCUT2D eigenvalue weighted by atomic mass is 10.5. The van der Waals surface area contributed by atoms with Gasteiger partial charge < -0.3 is 5.73 Å². The van der Waals surface area contributed by atoms with Gasteiger partial charge >= 0.3 is 0 Å². The number of nitrogens with two attached hydrogens (primary N) is 1. The van der Waals surface area contributed by atoms with E-state index in [1.165, 1.54) is 0 Å². The summed E-state index contributed by atoms with van der Waals surface area (Å²) in [6.07, 6.45) is 0.667. The minimum absolute atomic E-state index is 0.119. The van der Waals surface area contributed by atoms with E-state index in [1.54, 1.807) is 0 Å².